The van der Waals surface area contributed by atoms with Gasteiger partial charge >= 0.3 is 0 Å². The highest BCUT2D eigenvalue weighted by atomic mass is 15.3. The van der Waals surface area contributed by atoms with Crippen molar-refractivity contribution < 1.29 is 0 Å². The number of hydrogen-bond acceptors (Lipinski definition) is 4. The van der Waals surface area contributed by atoms with Crippen molar-refractivity contribution in [1.82, 2.24) is 20.9 Å². The first-order valence-electron chi connectivity index (χ1n) is 9.73. The topological polar surface area (TPSA) is 39.3 Å². The Labute approximate surface area is 135 Å². The molecular formula is C18H34N4. The SMILES string of the molecule is C1CN(C2CCCC3(CCNCC3)N2)CC2(C1)CCNCC2. The highest BCUT2D eigenvalue weighted by molar-refractivity contribution is 4.99. The smallest absolute Gasteiger partial charge is 0.0601 e. The fourth-order valence-electron chi connectivity index (χ4n) is 5.58. The lowest BCUT2D eigenvalue weighted by atomic mass is 9.72. The number of rotatable bonds is 1. The summed E-state index contributed by atoms with van der Waals surface area (Å²) in [5, 5.41) is 11.2. The molecule has 0 aromatic heterocycles. The molecule has 4 aliphatic rings. The zero-order valence-corrected chi connectivity index (χ0v) is 14.1. The molecule has 22 heavy (non-hydrogen) atoms. The summed E-state index contributed by atoms with van der Waals surface area (Å²) in [4.78, 5) is 2.83. The molecule has 0 aromatic carbocycles. The van der Waals surface area contributed by atoms with Crippen LogP contribution >= 0.6 is 0 Å². The third kappa shape index (κ3) is 3.08. The van der Waals surface area contributed by atoms with Gasteiger partial charge in [-0.1, -0.05) is 0 Å². The van der Waals surface area contributed by atoms with Crippen molar-refractivity contribution in [2.24, 2.45) is 5.41 Å². The number of nitrogens with one attached hydrogen (secondary N) is 3. The van der Waals surface area contributed by atoms with E-state index in [4.69, 9.17) is 0 Å². The van der Waals surface area contributed by atoms with Crippen molar-refractivity contribution in [3.63, 3.8) is 0 Å². The van der Waals surface area contributed by atoms with Gasteiger partial charge < -0.3 is 10.6 Å². The lowest BCUT2D eigenvalue weighted by Gasteiger charge is -2.52. The van der Waals surface area contributed by atoms with Gasteiger partial charge in [0.1, 0.15) is 0 Å². The predicted octanol–water partition coefficient (Wildman–Crippen LogP) is 1.67. The van der Waals surface area contributed by atoms with Gasteiger partial charge in [-0.2, -0.15) is 0 Å². The molecule has 126 valence electrons. The second-order valence-electron chi connectivity index (χ2n) is 8.41. The zero-order valence-electron chi connectivity index (χ0n) is 14.1. The van der Waals surface area contributed by atoms with Gasteiger partial charge in [-0.25, -0.2) is 0 Å². The fourth-order valence-corrected chi connectivity index (χ4v) is 5.58. The maximum Gasteiger partial charge on any atom is 0.0601 e. The Hall–Kier alpha value is -0.160. The summed E-state index contributed by atoms with van der Waals surface area (Å²) in [6.07, 6.45) is 13.1. The first-order chi connectivity index (χ1) is 10.8. The zero-order chi connectivity index (χ0) is 14.9. The average Bonchev–Trinajstić information content (AvgIpc) is 2.56. The van der Waals surface area contributed by atoms with Crippen LogP contribution in [0.1, 0.15) is 57.8 Å². The van der Waals surface area contributed by atoms with Gasteiger partial charge in [0.2, 0.25) is 0 Å². The van der Waals surface area contributed by atoms with Crippen LogP contribution in [0.25, 0.3) is 0 Å². The molecule has 0 bridgehead atoms. The summed E-state index contributed by atoms with van der Waals surface area (Å²) in [5.41, 5.74) is 1.08. The quantitative estimate of drug-likeness (QED) is 0.689. The summed E-state index contributed by atoms with van der Waals surface area (Å²) < 4.78 is 0. The van der Waals surface area contributed by atoms with Crippen molar-refractivity contribution in [3.8, 4) is 0 Å². The number of piperidine rings is 4. The largest absolute Gasteiger partial charge is 0.317 e. The Kier molecular flexibility index (Phi) is 4.46. The van der Waals surface area contributed by atoms with E-state index in [2.05, 4.69) is 20.9 Å². The second-order valence-corrected chi connectivity index (χ2v) is 8.41. The molecule has 3 N–H and O–H groups in total. The molecule has 4 saturated heterocycles. The maximum atomic E-state index is 4.13. The third-order valence-electron chi connectivity index (χ3n) is 6.96. The molecule has 0 aromatic rings. The molecule has 4 fully saturated rings. The van der Waals surface area contributed by atoms with Crippen molar-refractivity contribution in [2.45, 2.75) is 69.5 Å². The molecule has 0 radical (unpaired) electrons. The van der Waals surface area contributed by atoms with Gasteiger partial charge in [0, 0.05) is 12.1 Å². The Morgan fingerprint density at radius 3 is 2.27 bits per heavy atom. The maximum absolute atomic E-state index is 4.13. The van der Waals surface area contributed by atoms with Gasteiger partial charge in [0.05, 0.1) is 6.17 Å². The normalized spacial score (nSPS) is 35.7. The Morgan fingerprint density at radius 2 is 1.50 bits per heavy atom. The van der Waals surface area contributed by atoms with E-state index in [0.29, 0.717) is 17.1 Å². The van der Waals surface area contributed by atoms with Crippen LogP contribution in [0, 0.1) is 5.41 Å². The minimum atomic E-state index is 0.451. The monoisotopic (exact) mass is 306 g/mol. The lowest BCUT2D eigenvalue weighted by molar-refractivity contribution is -0.00922. The Bertz CT molecular complexity index is 324. The summed E-state index contributed by atoms with van der Waals surface area (Å²) in [5.74, 6) is 0. The molecule has 0 amide bonds. The summed E-state index contributed by atoms with van der Waals surface area (Å²) in [6.45, 7) is 7.55. The van der Waals surface area contributed by atoms with Crippen LogP contribution in [-0.2, 0) is 0 Å². The standard InChI is InChI=1S/C18H34N4/c1-3-16(21-18(5-1)8-12-20-13-9-18)22-14-2-4-17(15-22)6-10-19-11-7-17/h16,19-21H,1-15H2. The van der Waals surface area contributed by atoms with Crippen molar-refractivity contribution in [2.75, 3.05) is 39.3 Å². The first-order valence-corrected chi connectivity index (χ1v) is 9.73. The van der Waals surface area contributed by atoms with E-state index < -0.39 is 0 Å². The van der Waals surface area contributed by atoms with E-state index in [9.17, 15) is 0 Å². The van der Waals surface area contributed by atoms with Crippen LogP contribution < -0.4 is 16.0 Å². The molecule has 0 aliphatic carbocycles. The third-order valence-corrected chi connectivity index (χ3v) is 6.96. The van der Waals surface area contributed by atoms with Crippen molar-refractivity contribution >= 4 is 0 Å². The molecule has 1 unspecified atom stereocenters. The number of likely N-dealkylation sites (tertiary alicyclic amines) is 1. The van der Waals surface area contributed by atoms with E-state index in [0.717, 1.165) is 0 Å². The Morgan fingerprint density at radius 1 is 0.773 bits per heavy atom. The molecule has 4 heteroatoms. The van der Waals surface area contributed by atoms with E-state index >= 15 is 0 Å². The highest BCUT2D eigenvalue weighted by Crippen LogP contribution is 2.40. The van der Waals surface area contributed by atoms with Gasteiger partial charge in [0.25, 0.3) is 0 Å². The molecular weight excluding hydrogens is 272 g/mol. The van der Waals surface area contributed by atoms with Crippen LogP contribution in [0.2, 0.25) is 0 Å². The molecule has 4 aliphatic heterocycles. The van der Waals surface area contributed by atoms with Crippen molar-refractivity contribution in [3.05, 3.63) is 0 Å². The van der Waals surface area contributed by atoms with Gasteiger partial charge in [-0.3, -0.25) is 10.2 Å². The van der Waals surface area contributed by atoms with Gasteiger partial charge in [0.15, 0.2) is 0 Å². The minimum absolute atomic E-state index is 0.451. The Balaban J connectivity index is 1.42. The molecule has 1 atom stereocenters. The number of nitrogens with zero attached hydrogens (tertiary/aromatic N) is 1. The predicted molar refractivity (Wildman–Crippen MR) is 91.0 cm³/mol. The van der Waals surface area contributed by atoms with E-state index in [1.54, 1.807) is 0 Å². The van der Waals surface area contributed by atoms with Crippen LogP contribution in [0.15, 0.2) is 0 Å². The van der Waals surface area contributed by atoms with E-state index in [1.165, 1.54) is 97.1 Å². The van der Waals surface area contributed by atoms with Crippen LogP contribution in [0.4, 0.5) is 0 Å². The number of hydrogen-bond donors (Lipinski definition) is 3. The molecule has 4 rings (SSSR count). The molecule has 2 spiro atoms. The molecule has 4 nitrogen and oxygen atoms in total. The van der Waals surface area contributed by atoms with E-state index in [-0.39, 0.29) is 0 Å². The van der Waals surface area contributed by atoms with Crippen LogP contribution in [-0.4, -0.2) is 55.9 Å². The van der Waals surface area contributed by atoms with Crippen LogP contribution in [0.5, 0.6) is 0 Å². The summed E-state index contributed by atoms with van der Waals surface area (Å²) >= 11 is 0. The molecule has 0 saturated carbocycles. The lowest BCUT2D eigenvalue weighted by Crippen LogP contribution is -2.64. The van der Waals surface area contributed by atoms with Crippen molar-refractivity contribution in [1.29, 1.82) is 0 Å². The van der Waals surface area contributed by atoms with Gasteiger partial charge in [-0.15, -0.1) is 0 Å². The van der Waals surface area contributed by atoms with Crippen LogP contribution in [0.3, 0.4) is 0 Å². The van der Waals surface area contributed by atoms with Gasteiger partial charge in [-0.05, 0) is 95.9 Å². The minimum Gasteiger partial charge on any atom is -0.317 e. The molecule has 4 heterocycles. The average molecular weight is 306 g/mol. The fraction of sp³-hybridized carbons (Fsp3) is 1.00. The second kappa shape index (κ2) is 6.39. The highest BCUT2D eigenvalue weighted by Gasteiger charge is 2.42. The summed E-state index contributed by atoms with van der Waals surface area (Å²) in [7, 11) is 0. The van der Waals surface area contributed by atoms with E-state index in [1.807, 2.05) is 0 Å². The first kappa shape index (κ1) is 15.4. The summed E-state index contributed by atoms with van der Waals surface area (Å²) in [6, 6.07) is 0.